The first-order chi connectivity index (χ1) is 12.9. The highest BCUT2D eigenvalue weighted by Crippen LogP contribution is 2.19. The molecule has 0 bridgehead atoms. The number of carbonyl (C=O) groups is 2. The number of ether oxygens (including phenoxy) is 2. The van der Waals surface area contributed by atoms with Crippen LogP contribution in [0.2, 0.25) is 0 Å². The lowest BCUT2D eigenvalue weighted by molar-refractivity contribution is -0.149. The van der Waals surface area contributed by atoms with Crippen molar-refractivity contribution in [2.24, 2.45) is 11.8 Å². The van der Waals surface area contributed by atoms with Gasteiger partial charge in [-0.15, -0.1) is 0 Å². The van der Waals surface area contributed by atoms with E-state index < -0.39 is 0 Å². The molecule has 1 aromatic rings. The average Bonchev–Trinajstić information content (AvgIpc) is 2.66. The van der Waals surface area contributed by atoms with Gasteiger partial charge in [0.1, 0.15) is 5.75 Å². The molecule has 1 amide bonds. The molecule has 27 heavy (non-hydrogen) atoms. The Hall–Kier alpha value is -2.15. The first-order valence-corrected chi connectivity index (χ1v) is 9.81. The largest absolute Gasteiger partial charge is 0.493 e. The van der Waals surface area contributed by atoms with Gasteiger partial charge in [0.25, 0.3) is 5.91 Å². The highest BCUT2D eigenvalue weighted by molar-refractivity contribution is 7.80. The van der Waals surface area contributed by atoms with Crippen molar-refractivity contribution in [1.29, 1.82) is 0 Å². The van der Waals surface area contributed by atoms with Crippen LogP contribution < -0.4 is 10.1 Å². The van der Waals surface area contributed by atoms with Gasteiger partial charge in [0.2, 0.25) is 0 Å². The number of carbonyl (C=O) groups excluding carboxylic acids is 2. The van der Waals surface area contributed by atoms with Gasteiger partial charge in [-0.25, -0.2) is 0 Å². The number of amides is 1. The van der Waals surface area contributed by atoms with Crippen molar-refractivity contribution in [3.05, 3.63) is 29.8 Å². The van der Waals surface area contributed by atoms with Crippen molar-refractivity contribution in [2.75, 3.05) is 26.3 Å². The van der Waals surface area contributed by atoms with Crippen LogP contribution in [-0.4, -0.2) is 48.2 Å². The summed E-state index contributed by atoms with van der Waals surface area (Å²) >= 11 is 5.37. The van der Waals surface area contributed by atoms with Gasteiger partial charge in [-0.2, -0.15) is 0 Å². The molecule has 0 radical (unpaired) electrons. The zero-order chi connectivity index (χ0) is 19.8. The van der Waals surface area contributed by atoms with Crippen LogP contribution in [0.3, 0.4) is 0 Å². The lowest BCUT2D eigenvalue weighted by Crippen LogP contribution is -2.47. The van der Waals surface area contributed by atoms with E-state index in [2.05, 4.69) is 19.2 Å². The van der Waals surface area contributed by atoms with Gasteiger partial charge in [-0.1, -0.05) is 19.9 Å². The standard InChI is InChI=1S/C20H28N2O4S/c1-4-25-19(24)15-8-10-22(11-9-15)20(27)21-18(23)16-6-5-7-17(12-16)26-13-14(2)3/h5-7,12,14-15H,4,8-11,13H2,1-3H3,(H,21,23,27). The minimum atomic E-state index is -0.262. The number of nitrogens with one attached hydrogen (secondary N) is 1. The van der Waals surface area contributed by atoms with Crippen molar-refractivity contribution in [1.82, 2.24) is 10.2 Å². The number of thiocarbonyl (C=S) groups is 1. The second-order valence-electron chi connectivity index (χ2n) is 7.01. The molecule has 1 fully saturated rings. The topological polar surface area (TPSA) is 67.9 Å². The number of rotatable bonds is 6. The molecule has 1 aliphatic heterocycles. The van der Waals surface area contributed by atoms with Crippen LogP contribution in [0.15, 0.2) is 24.3 Å². The van der Waals surface area contributed by atoms with Crippen LogP contribution in [0.4, 0.5) is 0 Å². The van der Waals surface area contributed by atoms with Crippen molar-refractivity contribution < 1.29 is 19.1 Å². The van der Waals surface area contributed by atoms with Crippen molar-refractivity contribution in [3.63, 3.8) is 0 Å². The number of hydrogen-bond donors (Lipinski definition) is 1. The monoisotopic (exact) mass is 392 g/mol. The van der Waals surface area contributed by atoms with Gasteiger partial charge in [-0.3, -0.25) is 14.9 Å². The Kier molecular flexibility index (Phi) is 8.03. The third-order valence-corrected chi connectivity index (χ3v) is 4.66. The Morgan fingerprint density at radius 2 is 2.00 bits per heavy atom. The van der Waals surface area contributed by atoms with Crippen molar-refractivity contribution >= 4 is 29.2 Å². The summed E-state index contributed by atoms with van der Waals surface area (Å²) in [7, 11) is 0. The fraction of sp³-hybridized carbons (Fsp3) is 0.550. The fourth-order valence-electron chi connectivity index (χ4n) is 2.82. The van der Waals surface area contributed by atoms with E-state index in [0.717, 1.165) is 0 Å². The zero-order valence-corrected chi connectivity index (χ0v) is 17.0. The quantitative estimate of drug-likeness (QED) is 0.593. The zero-order valence-electron chi connectivity index (χ0n) is 16.2. The predicted molar refractivity (Wildman–Crippen MR) is 108 cm³/mol. The molecule has 148 valence electrons. The maximum atomic E-state index is 12.5. The van der Waals surface area contributed by atoms with Gasteiger partial charge in [-0.05, 0) is 56.1 Å². The minimum Gasteiger partial charge on any atom is -0.493 e. The fourth-order valence-corrected chi connectivity index (χ4v) is 3.09. The molecule has 0 spiro atoms. The summed E-state index contributed by atoms with van der Waals surface area (Å²) in [4.78, 5) is 26.2. The molecule has 2 rings (SSSR count). The molecule has 1 heterocycles. The summed E-state index contributed by atoms with van der Waals surface area (Å²) < 4.78 is 10.7. The molecule has 7 heteroatoms. The molecular weight excluding hydrogens is 364 g/mol. The predicted octanol–water partition coefficient (Wildman–Crippen LogP) is 3.01. The van der Waals surface area contributed by atoms with Crippen LogP contribution in [0.25, 0.3) is 0 Å². The number of esters is 1. The van der Waals surface area contributed by atoms with E-state index in [0.29, 0.717) is 61.5 Å². The minimum absolute atomic E-state index is 0.0884. The average molecular weight is 393 g/mol. The van der Waals surface area contributed by atoms with Crippen molar-refractivity contribution in [2.45, 2.75) is 33.6 Å². The van der Waals surface area contributed by atoms with E-state index in [4.69, 9.17) is 21.7 Å². The van der Waals surface area contributed by atoms with E-state index in [1.807, 2.05) is 11.0 Å². The molecule has 6 nitrogen and oxygen atoms in total. The number of benzene rings is 1. The Labute approximate surface area is 166 Å². The maximum absolute atomic E-state index is 12.5. The molecule has 1 aliphatic rings. The highest BCUT2D eigenvalue weighted by atomic mass is 32.1. The SMILES string of the molecule is CCOC(=O)C1CCN(C(=S)NC(=O)c2cccc(OCC(C)C)c2)CC1. The molecule has 0 aliphatic carbocycles. The van der Waals surface area contributed by atoms with E-state index >= 15 is 0 Å². The second-order valence-corrected chi connectivity index (χ2v) is 7.39. The van der Waals surface area contributed by atoms with Gasteiger partial charge in [0.15, 0.2) is 5.11 Å². The van der Waals surface area contributed by atoms with E-state index in [-0.39, 0.29) is 17.8 Å². The van der Waals surface area contributed by atoms with Gasteiger partial charge in [0.05, 0.1) is 19.1 Å². The number of nitrogens with zero attached hydrogens (tertiary/aromatic N) is 1. The van der Waals surface area contributed by atoms with Crippen LogP contribution >= 0.6 is 12.2 Å². The van der Waals surface area contributed by atoms with E-state index in [1.54, 1.807) is 25.1 Å². The molecular formula is C20H28N2O4S. The Bertz CT molecular complexity index is 670. The Morgan fingerprint density at radius 3 is 2.63 bits per heavy atom. The molecule has 1 N–H and O–H groups in total. The summed E-state index contributed by atoms with van der Waals surface area (Å²) in [6, 6.07) is 7.07. The van der Waals surface area contributed by atoms with E-state index in [1.165, 1.54) is 0 Å². The Morgan fingerprint density at radius 1 is 1.30 bits per heavy atom. The van der Waals surface area contributed by atoms with Gasteiger partial charge >= 0.3 is 5.97 Å². The highest BCUT2D eigenvalue weighted by Gasteiger charge is 2.27. The first-order valence-electron chi connectivity index (χ1n) is 9.40. The van der Waals surface area contributed by atoms with Crippen LogP contribution in [0.5, 0.6) is 5.75 Å². The van der Waals surface area contributed by atoms with Crippen LogP contribution in [-0.2, 0) is 9.53 Å². The maximum Gasteiger partial charge on any atom is 0.309 e. The summed E-state index contributed by atoms with van der Waals surface area (Å²) in [6.07, 6.45) is 1.35. The van der Waals surface area contributed by atoms with Gasteiger partial charge < -0.3 is 14.4 Å². The Balaban J connectivity index is 1.86. The molecule has 1 saturated heterocycles. The first kappa shape index (κ1) is 21.2. The number of piperidine rings is 1. The molecule has 0 atom stereocenters. The number of hydrogen-bond acceptors (Lipinski definition) is 5. The number of likely N-dealkylation sites (tertiary alicyclic amines) is 1. The molecule has 1 aromatic carbocycles. The molecule has 0 unspecified atom stereocenters. The second kappa shape index (κ2) is 10.3. The normalized spacial score (nSPS) is 14.7. The van der Waals surface area contributed by atoms with Crippen LogP contribution in [0, 0.1) is 11.8 Å². The van der Waals surface area contributed by atoms with Gasteiger partial charge in [0, 0.05) is 18.7 Å². The third-order valence-electron chi connectivity index (χ3n) is 4.30. The lowest BCUT2D eigenvalue weighted by Gasteiger charge is -2.32. The molecule has 0 saturated carbocycles. The lowest BCUT2D eigenvalue weighted by atomic mass is 9.97. The smallest absolute Gasteiger partial charge is 0.309 e. The summed E-state index contributed by atoms with van der Waals surface area (Å²) in [5, 5.41) is 3.16. The van der Waals surface area contributed by atoms with E-state index in [9.17, 15) is 9.59 Å². The molecule has 0 aromatic heterocycles. The summed E-state index contributed by atoms with van der Waals surface area (Å²) in [5.74, 6) is 0.576. The summed E-state index contributed by atoms with van der Waals surface area (Å²) in [5.41, 5.74) is 0.500. The third kappa shape index (κ3) is 6.50. The van der Waals surface area contributed by atoms with Crippen LogP contribution in [0.1, 0.15) is 44.0 Å². The summed E-state index contributed by atoms with van der Waals surface area (Å²) in [6.45, 7) is 8.19. The van der Waals surface area contributed by atoms with Crippen molar-refractivity contribution in [3.8, 4) is 5.75 Å².